The van der Waals surface area contributed by atoms with Gasteiger partial charge >= 0.3 is 0 Å². The zero-order chi connectivity index (χ0) is 7.23. The molecular weight excluding hydrogens is 146 g/mol. The van der Waals surface area contributed by atoms with Gasteiger partial charge in [-0.15, -0.1) is 11.8 Å². The minimum Gasteiger partial charge on any atom is -0.321 e. The molecule has 1 aliphatic rings. The highest BCUT2D eigenvalue weighted by molar-refractivity contribution is 8.02. The van der Waals surface area contributed by atoms with Crippen molar-refractivity contribution >= 4 is 18.2 Å². The van der Waals surface area contributed by atoms with Crippen molar-refractivity contribution in [3.05, 3.63) is 11.6 Å². The number of thioether (sulfide) groups is 1. The van der Waals surface area contributed by atoms with Crippen molar-refractivity contribution < 1.29 is 4.79 Å². The molecule has 0 aromatic heterocycles. The van der Waals surface area contributed by atoms with E-state index in [1.807, 2.05) is 11.6 Å². The van der Waals surface area contributed by atoms with Crippen LogP contribution in [0.3, 0.4) is 0 Å². The van der Waals surface area contributed by atoms with Crippen molar-refractivity contribution in [3.63, 3.8) is 0 Å². The number of hydrogen-bond donors (Lipinski definition) is 0. The number of carbonyl (C=O) groups excluding carboxylic acids is 1. The summed E-state index contributed by atoms with van der Waals surface area (Å²) in [5.41, 5.74) is 0. The molecule has 1 aliphatic heterocycles. The van der Waals surface area contributed by atoms with Crippen LogP contribution in [0.5, 0.6) is 0 Å². The van der Waals surface area contributed by atoms with Crippen molar-refractivity contribution in [2.75, 3.05) is 12.3 Å². The first-order chi connectivity index (χ1) is 4.93. The summed E-state index contributed by atoms with van der Waals surface area (Å²) in [6.45, 7) is 0.876. The lowest BCUT2D eigenvalue weighted by atomic mass is 10.3. The topological polar surface area (TPSA) is 20.3 Å². The third kappa shape index (κ3) is 2.43. The van der Waals surface area contributed by atoms with Crippen LogP contribution >= 0.6 is 11.8 Å². The van der Waals surface area contributed by atoms with Crippen molar-refractivity contribution in [2.24, 2.45) is 0 Å². The Morgan fingerprint density at radius 3 is 3.20 bits per heavy atom. The molecule has 0 spiro atoms. The van der Waals surface area contributed by atoms with Gasteiger partial charge in [-0.25, -0.2) is 0 Å². The van der Waals surface area contributed by atoms with Gasteiger partial charge in [0.15, 0.2) is 0 Å². The molecule has 0 aromatic carbocycles. The molecule has 0 N–H and O–H groups in total. The van der Waals surface area contributed by atoms with E-state index in [0.29, 0.717) is 0 Å². The molecule has 0 atom stereocenters. The average Bonchev–Trinajstić information content (AvgIpc) is 1.87. The Morgan fingerprint density at radius 1 is 1.50 bits per heavy atom. The Kier molecular flexibility index (Phi) is 3.36. The Labute approximate surface area is 65.3 Å². The Bertz CT molecular complexity index is 136. The van der Waals surface area contributed by atoms with Gasteiger partial charge in [-0.05, 0) is 24.0 Å². The maximum absolute atomic E-state index is 10.3. The molecule has 1 amide bonds. The highest BCUT2D eigenvalue weighted by atomic mass is 32.2. The SMILES string of the molecule is O=CN1C=CSCCCC1. The van der Waals surface area contributed by atoms with Gasteiger partial charge < -0.3 is 4.90 Å². The summed E-state index contributed by atoms with van der Waals surface area (Å²) in [6, 6.07) is 0. The predicted molar refractivity (Wildman–Crippen MR) is 43.6 cm³/mol. The second-order valence-corrected chi connectivity index (χ2v) is 3.22. The maximum atomic E-state index is 10.3. The number of hydrogen-bond acceptors (Lipinski definition) is 2. The highest BCUT2D eigenvalue weighted by Gasteiger charge is 1.98. The molecular formula is C7H11NOS. The minimum atomic E-state index is 0.876. The zero-order valence-electron chi connectivity index (χ0n) is 5.82. The van der Waals surface area contributed by atoms with Gasteiger partial charge in [-0.1, -0.05) is 0 Å². The zero-order valence-corrected chi connectivity index (χ0v) is 6.64. The number of carbonyl (C=O) groups is 1. The lowest BCUT2D eigenvalue weighted by molar-refractivity contribution is -0.115. The van der Waals surface area contributed by atoms with E-state index in [1.54, 1.807) is 16.7 Å². The molecule has 0 saturated carbocycles. The highest BCUT2D eigenvalue weighted by Crippen LogP contribution is 2.10. The average molecular weight is 157 g/mol. The van der Waals surface area contributed by atoms with Gasteiger partial charge in [0.1, 0.15) is 0 Å². The normalized spacial score (nSPS) is 19.8. The number of amides is 1. The van der Waals surface area contributed by atoms with Crippen LogP contribution in [0.25, 0.3) is 0 Å². The molecule has 0 fully saturated rings. The third-order valence-corrected chi connectivity index (χ3v) is 2.25. The summed E-state index contributed by atoms with van der Waals surface area (Å²) in [7, 11) is 0. The largest absolute Gasteiger partial charge is 0.321 e. The molecule has 1 heterocycles. The smallest absolute Gasteiger partial charge is 0.213 e. The van der Waals surface area contributed by atoms with Gasteiger partial charge in [0.2, 0.25) is 6.41 Å². The number of nitrogens with zero attached hydrogens (tertiary/aromatic N) is 1. The molecule has 0 bridgehead atoms. The van der Waals surface area contributed by atoms with Crippen LogP contribution in [0.2, 0.25) is 0 Å². The lowest BCUT2D eigenvalue weighted by Crippen LogP contribution is -2.16. The van der Waals surface area contributed by atoms with Crippen molar-refractivity contribution in [1.29, 1.82) is 0 Å². The summed E-state index contributed by atoms with van der Waals surface area (Å²) in [4.78, 5) is 12.0. The van der Waals surface area contributed by atoms with Crippen LogP contribution in [0, 0.1) is 0 Å². The monoisotopic (exact) mass is 157 g/mol. The van der Waals surface area contributed by atoms with Crippen molar-refractivity contribution in [2.45, 2.75) is 12.8 Å². The Hall–Kier alpha value is -0.440. The van der Waals surface area contributed by atoms with Gasteiger partial charge in [-0.2, -0.15) is 0 Å². The van der Waals surface area contributed by atoms with Crippen LogP contribution < -0.4 is 0 Å². The van der Waals surface area contributed by atoms with Crippen molar-refractivity contribution in [3.8, 4) is 0 Å². The molecule has 2 nitrogen and oxygen atoms in total. The fourth-order valence-electron chi connectivity index (χ4n) is 0.831. The van der Waals surface area contributed by atoms with E-state index in [1.165, 1.54) is 12.2 Å². The summed E-state index contributed by atoms with van der Waals surface area (Å²) in [5, 5.41) is 1.98. The maximum Gasteiger partial charge on any atom is 0.213 e. The van der Waals surface area contributed by atoms with Crippen LogP contribution in [-0.4, -0.2) is 23.6 Å². The molecule has 10 heavy (non-hydrogen) atoms. The predicted octanol–water partition coefficient (Wildman–Crippen LogP) is 1.44. The van der Waals surface area contributed by atoms with Crippen LogP contribution in [-0.2, 0) is 4.79 Å². The molecule has 0 saturated heterocycles. The summed E-state index contributed by atoms with van der Waals surface area (Å²) in [5.74, 6) is 1.18. The van der Waals surface area contributed by atoms with Gasteiger partial charge in [0, 0.05) is 12.7 Å². The van der Waals surface area contributed by atoms with Crippen molar-refractivity contribution in [1.82, 2.24) is 4.90 Å². The number of rotatable bonds is 1. The van der Waals surface area contributed by atoms with E-state index in [-0.39, 0.29) is 0 Å². The second-order valence-electron chi connectivity index (χ2n) is 2.21. The first-order valence-electron chi connectivity index (χ1n) is 3.43. The minimum absolute atomic E-state index is 0.876. The van der Waals surface area contributed by atoms with E-state index in [0.717, 1.165) is 19.4 Å². The van der Waals surface area contributed by atoms with E-state index >= 15 is 0 Å². The van der Waals surface area contributed by atoms with E-state index < -0.39 is 0 Å². The molecule has 0 aliphatic carbocycles. The summed E-state index contributed by atoms with van der Waals surface area (Å²) in [6.07, 6.45) is 5.05. The molecule has 1 rings (SSSR count). The quantitative estimate of drug-likeness (QED) is 0.537. The van der Waals surface area contributed by atoms with Gasteiger partial charge in [-0.3, -0.25) is 4.79 Å². The van der Waals surface area contributed by atoms with Crippen LogP contribution in [0.1, 0.15) is 12.8 Å². The lowest BCUT2D eigenvalue weighted by Gasteiger charge is -2.13. The van der Waals surface area contributed by atoms with Gasteiger partial charge in [0.05, 0.1) is 0 Å². The van der Waals surface area contributed by atoms with E-state index in [2.05, 4.69) is 0 Å². The third-order valence-electron chi connectivity index (χ3n) is 1.41. The molecule has 56 valence electrons. The van der Waals surface area contributed by atoms with E-state index in [4.69, 9.17) is 0 Å². The Morgan fingerprint density at radius 2 is 2.40 bits per heavy atom. The molecule has 0 radical (unpaired) electrons. The summed E-state index contributed by atoms with van der Waals surface area (Å²) < 4.78 is 0. The first kappa shape index (κ1) is 7.66. The molecule has 0 aromatic rings. The Balaban J connectivity index is 2.40. The standard InChI is InChI=1S/C7H11NOS/c9-7-8-3-1-2-5-10-6-4-8/h4,6-7H,1-3,5H2. The van der Waals surface area contributed by atoms with E-state index in [9.17, 15) is 4.79 Å². The second kappa shape index (κ2) is 4.39. The fraction of sp³-hybridized carbons (Fsp3) is 0.571. The molecule has 0 unspecified atom stereocenters. The van der Waals surface area contributed by atoms with Crippen LogP contribution in [0.4, 0.5) is 0 Å². The first-order valence-corrected chi connectivity index (χ1v) is 4.47. The molecule has 3 heteroatoms. The summed E-state index contributed by atoms with van der Waals surface area (Å²) >= 11 is 1.77. The van der Waals surface area contributed by atoms with Gasteiger partial charge in [0.25, 0.3) is 0 Å². The van der Waals surface area contributed by atoms with Crippen LogP contribution in [0.15, 0.2) is 11.6 Å². The fourth-order valence-corrected chi connectivity index (χ4v) is 1.58.